The standard InChI is InChI=1S/C21H33N3O4S/c1-15(14-23-19(25)28-20(2,3)4)27-18-11-9-8-10-16(18)17(12-13-22)24-29(26)21(5,6)7/h8-11,15,17,24H,12,14H2,1-7H3,(H,23,25)/t15-,17+,29+/m0/s1. The molecule has 0 spiro atoms. The lowest BCUT2D eigenvalue weighted by molar-refractivity contribution is 0.0504. The molecule has 0 aliphatic rings. The second-order valence-electron chi connectivity index (χ2n) is 8.76. The number of carbonyl (C=O) groups is 1. The fraction of sp³-hybridized carbons (Fsp3) is 0.619. The van der Waals surface area contributed by atoms with Gasteiger partial charge in [-0.2, -0.15) is 5.26 Å². The van der Waals surface area contributed by atoms with Crippen LogP contribution < -0.4 is 14.8 Å². The van der Waals surface area contributed by atoms with Gasteiger partial charge in [0.1, 0.15) is 22.2 Å². The molecular weight excluding hydrogens is 390 g/mol. The lowest BCUT2D eigenvalue weighted by Gasteiger charge is -2.28. The average Bonchev–Trinajstić information content (AvgIpc) is 2.58. The number of para-hydroxylation sites is 1. The number of nitrogens with one attached hydrogen (secondary N) is 2. The molecule has 0 radical (unpaired) electrons. The molecule has 8 heteroatoms. The molecule has 0 saturated carbocycles. The van der Waals surface area contributed by atoms with E-state index in [0.29, 0.717) is 5.75 Å². The van der Waals surface area contributed by atoms with Crippen molar-refractivity contribution >= 4 is 17.5 Å². The number of rotatable bonds is 8. The highest BCUT2D eigenvalue weighted by molar-refractivity contribution is 7.90. The maximum atomic E-state index is 12.5. The Balaban J connectivity index is 2.85. The van der Waals surface area contributed by atoms with E-state index in [9.17, 15) is 14.6 Å². The molecule has 1 aromatic carbocycles. The van der Waals surface area contributed by atoms with Gasteiger partial charge in [-0.3, -0.25) is 0 Å². The Labute approximate surface area is 177 Å². The quantitative estimate of drug-likeness (QED) is 0.613. The molecule has 7 nitrogen and oxygen atoms in total. The number of amides is 1. The predicted molar refractivity (Wildman–Crippen MR) is 115 cm³/mol. The van der Waals surface area contributed by atoms with Gasteiger partial charge in [-0.25, -0.2) is 4.79 Å². The highest BCUT2D eigenvalue weighted by Gasteiger charge is 2.31. The van der Waals surface area contributed by atoms with Crippen LogP contribution in [0, 0.1) is 11.3 Å². The summed E-state index contributed by atoms with van der Waals surface area (Å²) >= 11 is -1.34. The molecule has 0 heterocycles. The molecule has 1 aromatic rings. The molecule has 1 rings (SSSR count). The van der Waals surface area contributed by atoms with Crippen LogP contribution in [0.1, 0.15) is 66.5 Å². The molecular formula is C21H33N3O4S. The molecule has 0 bridgehead atoms. The summed E-state index contributed by atoms with van der Waals surface area (Å²) in [6, 6.07) is 9.01. The zero-order valence-electron chi connectivity index (χ0n) is 18.4. The Morgan fingerprint density at radius 2 is 1.86 bits per heavy atom. The van der Waals surface area contributed by atoms with Gasteiger partial charge in [0, 0.05) is 16.9 Å². The molecule has 0 unspecified atom stereocenters. The molecule has 0 aliphatic heterocycles. The van der Waals surface area contributed by atoms with Crippen LogP contribution in [-0.2, 0) is 16.1 Å². The molecule has 0 aliphatic carbocycles. The minimum absolute atomic E-state index is 0.146. The van der Waals surface area contributed by atoms with Crippen LogP contribution in [0.15, 0.2) is 24.3 Å². The van der Waals surface area contributed by atoms with E-state index in [1.807, 2.05) is 45.9 Å². The Bertz CT molecular complexity index is 707. The van der Waals surface area contributed by atoms with E-state index in [-0.39, 0.29) is 19.1 Å². The van der Waals surface area contributed by atoms with Crippen molar-refractivity contribution in [1.82, 2.24) is 10.0 Å². The third-order valence-electron chi connectivity index (χ3n) is 3.66. The monoisotopic (exact) mass is 423 g/mol. The first-order valence-corrected chi connectivity index (χ1v) is 10.8. The predicted octanol–water partition coefficient (Wildman–Crippen LogP) is 3.99. The van der Waals surface area contributed by atoms with E-state index in [1.54, 1.807) is 26.8 Å². The van der Waals surface area contributed by atoms with Gasteiger partial charge in [0.15, 0.2) is 0 Å². The summed E-state index contributed by atoms with van der Waals surface area (Å²) < 4.78 is 26.3. The molecule has 3 atom stereocenters. The fourth-order valence-corrected chi connectivity index (χ4v) is 3.11. The third-order valence-corrected chi connectivity index (χ3v) is 5.27. The fourth-order valence-electron chi connectivity index (χ4n) is 2.29. The number of ether oxygens (including phenoxy) is 2. The first kappa shape index (κ1) is 25.1. The van der Waals surface area contributed by atoms with E-state index in [2.05, 4.69) is 16.1 Å². The zero-order chi connectivity index (χ0) is 22.2. The van der Waals surface area contributed by atoms with E-state index in [4.69, 9.17) is 9.47 Å². The number of alkyl carbamates (subject to hydrolysis) is 1. The number of nitrogens with zero attached hydrogens (tertiary/aromatic N) is 1. The summed E-state index contributed by atoms with van der Waals surface area (Å²) in [5.74, 6) is 0.574. The lowest BCUT2D eigenvalue weighted by atomic mass is 10.0. The maximum absolute atomic E-state index is 12.5. The Morgan fingerprint density at radius 3 is 2.41 bits per heavy atom. The Hall–Kier alpha value is -1.95. The molecule has 0 aromatic heterocycles. The van der Waals surface area contributed by atoms with Gasteiger partial charge in [-0.05, 0) is 54.5 Å². The number of nitriles is 1. The van der Waals surface area contributed by atoms with Crippen LogP contribution >= 0.6 is 0 Å². The summed E-state index contributed by atoms with van der Waals surface area (Å²) in [5.41, 5.74) is 0.176. The first-order chi connectivity index (χ1) is 13.3. The second kappa shape index (κ2) is 10.7. The van der Waals surface area contributed by atoms with Crippen LogP contribution in [0.4, 0.5) is 4.79 Å². The summed E-state index contributed by atoms with van der Waals surface area (Å²) in [5, 5.41) is 11.9. The number of benzene rings is 1. The van der Waals surface area contributed by atoms with Crippen LogP contribution in [0.5, 0.6) is 5.75 Å². The van der Waals surface area contributed by atoms with Crippen molar-refractivity contribution in [1.29, 1.82) is 5.26 Å². The molecule has 29 heavy (non-hydrogen) atoms. The number of hydrogen-bond donors (Lipinski definition) is 2. The van der Waals surface area contributed by atoms with E-state index >= 15 is 0 Å². The molecule has 0 fully saturated rings. The highest BCUT2D eigenvalue weighted by atomic mass is 32.2. The summed E-state index contributed by atoms with van der Waals surface area (Å²) in [6.45, 7) is 13.1. The third kappa shape index (κ3) is 9.39. The van der Waals surface area contributed by atoms with Crippen molar-refractivity contribution in [3.63, 3.8) is 0 Å². The van der Waals surface area contributed by atoms with E-state index in [1.165, 1.54) is 0 Å². The summed E-state index contributed by atoms with van der Waals surface area (Å²) in [7, 11) is 0. The largest absolute Gasteiger partial charge is 0.598 e. The molecule has 162 valence electrons. The minimum atomic E-state index is -1.34. The van der Waals surface area contributed by atoms with E-state index < -0.39 is 33.8 Å². The first-order valence-electron chi connectivity index (χ1n) is 9.61. The molecule has 0 saturated heterocycles. The van der Waals surface area contributed by atoms with Gasteiger partial charge in [-0.1, -0.05) is 18.2 Å². The van der Waals surface area contributed by atoms with Crippen LogP contribution in [0.25, 0.3) is 0 Å². The smallest absolute Gasteiger partial charge is 0.407 e. The van der Waals surface area contributed by atoms with Crippen molar-refractivity contribution in [3.8, 4) is 11.8 Å². The maximum Gasteiger partial charge on any atom is 0.407 e. The van der Waals surface area contributed by atoms with Crippen LogP contribution in [-0.4, -0.2) is 33.6 Å². The molecule has 2 N–H and O–H groups in total. The topological polar surface area (TPSA) is 106 Å². The number of hydrogen-bond acceptors (Lipinski definition) is 6. The average molecular weight is 424 g/mol. The van der Waals surface area contributed by atoms with Gasteiger partial charge in [-0.15, -0.1) is 4.72 Å². The van der Waals surface area contributed by atoms with Gasteiger partial charge >= 0.3 is 6.09 Å². The summed E-state index contributed by atoms with van der Waals surface area (Å²) in [6.07, 6.45) is -0.697. The van der Waals surface area contributed by atoms with Crippen molar-refractivity contribution in [2.75, 3.05) is 6.54 Å². The van der Waals surface area contributed by atoms with Crippen LogP contribution in [0.3, 0.4) is 0 Å². The van der Waals surface area contributed by atoms with Crippen molar-refractivity contribution in [2.45, 2.75) is 77.4 Å². The minimum Gasteiger partial charge on any atom is -0.598 e. The zero-order valence-corrected chi connectivity index (χ0v) is 19.2. The summed E-state index contributed by atoms with van der Waals surface area (Å²) in [4.78, 5) is 11.8. The Kier molecular flexibility index (Phi) is 9.27. The second-order valence-corrected chi connectivity index (χ2v) is 10.8. The molecule has 1 amide bonds. The van der Waals surface area contributed by atoms with Crippen molar-refractivity contribution in [3.05, 3.63) is 29.8 Å². The van der Waals surface area contributed by atoms with Gasteiger partial charge in [0.2, 0.25) is 0 Å². The van der Waals surface area contributed by atoms with Crippen molar-refractivity contribution < 1.29 is 18.8 Å². The highest BCUT2D eigenvalue weighted by Crippen LogP contribution is 2.30. The SMILES string of the molecule is C[C@@H](CNC(=O)OC(C)(C)C)Oc1ccccc1[C@@H](CC#N)N[S@+]([O-])C(C)(C)C. The van der Waals surface area contributed by atoms with Gasteiger partial charge < -0.3 is 19.3 Å². The van der Waals surface area contributed by atoms with Crippen LogP contribution in [0.2, 0.25) is 0 Å². The number of carbonyl (C=O) groups excluding carboxylic acids is 1. The normalized spacial score (nSPS) is 15.0. The van der Waals surface area contributed by atoms with Crippen molar-refractivity contribution in [2.24, 2.45) is 0 Å². The lowest BCUT2D eigenvalue weighted by Crippen LogP contribution is -2.41. The Morgan fingerprint density at radius 1 is 1.24 bits per heavy atom. The van der Waals surface area contributed by atoms with Gasteiger partial charge in [0.05, 0.1) is 25.1 Å². The van der Waals surface area contributed by atoms with E-state index in [0.717, 1.165) is 5.56 Å². The van der Waals surface area contributed by atoms with Gasteiger partial charge in [0.25, 0.3) is 0 Å².